The minimum Gasteiger partial charge on any atom is -0.465 e. The molecule has 1 aromatic carbocycles. The molecular formula is C14H18N2O6. The highest BCUT2D eigenvalue weighted by Gasteiger charge is 2.18. The lowest BCUT2D eigenvalue weighted by Crippen LogP contribution is -2.36. The van der Waals surface area contributed by atoms with Gasteiger partial charge >= 0.3 is 11.9 Å². The zero-order chi connectivity index (χ0) is 16.7. The quantitative estimate of drug-likeness (QED) is 0.719. The number of ether oxygens (including phenoxy) is 3. The third kappa shape index (κ3) is 4.27. The van der Waals surface area contributed by atoms with Crippen molar-refractivity contribution < 1.29 is 28.6 Å². The lowest BCUT2D eigenvalue weighted by Gasteiger charge is -2.14. The minimum absolute atomic E-state index is 0.0110. The molecule has 0 aromatic heterocycles. The number of nitrogens with one attached hydrogen (secondary N) is 1. The summed E-state index contributed by atoms with van der Waals surface area (Å²) in [4.78, 5) is 35.2. The van der Waals surface area contributed by atoms with Gasteiger partial charge in [-0.1, -0.05) is 0 Å². The highest BCUT2D eigenvalue weighted by molar-refractivity contribution is 6.00. The number of carbonyl (C=O) groups is 3. The average molecular weight is 310 g/mol. The van der Waals surface area contributed by atoms with Crippen LogP contribution in [0.1, 0.15) is 20.7 Å². The molecule has 0 saturated carbocycles. The van der Waals surface area contributed by atoms with Gasteiger partial charge in [-0.2, -0.15) is 0 Å². The van der Waals surface area contributed by atoms with E-state index in [1.165, 1.54) is 39.5 Å². The molecule has 1 amide bonds. The van der Waals surface area contributed by atoms with Gasteiger partial charge in [-0.25, -0.2) is 9.59 Å². The zero-order valence-corrected chi connectivity index (χ0v) is 12.5. The van der Waals surface area contributed by atoms with Crippen LogP contribution < -0.4 is 11.1 Å². The second kappa shape index (κ2) is 8.11. The van der Waals surface area contributed by atoms with Crippen LogP contribution in [0.4, 0.5) is 5.69 Å². The van der Waals surface area contributed by atoms with Gasteiger partial charge in [0.05, 0.1) is 25.3 Å². The van der Waals surface area contributed by atoms with Crippen molar-refractivity contribution in [1.82, 2.24) is 0 Å². The van der Waals surface area contributed by atoms with Gasteiger partial charge in [-0.05, 0) is 18.2 Å². The third-order valence-electron chi connectivity index (χ3n) is 2.83. The molecule has 0 aliphatic carbocycles. The van der Waals surface area contributed by atoms with Crippen molar-refractivity contribution in [1.29, 1.82) is 0 Å². The highest BCUT2D eigenvalue weighted by atomic mass is 16.5. The fourth-order valence-electron chi connectivity index (χ4n) is 1.70. The first kappa shape index (κ1) is 17.6. The summed E-state index contributed by atoms with van der Waals surface area (Å²) in [7, 11) is 3.77. The van der Waals surface area contributed by atoms with E-state index in [1.807, 2.05) is 0 Å². The second-order valence-electron chi connectivity index (χ2n) is 4.23. The number of carbonyl (C=O) groups excluding carboxylic acids is 3. The van der Waals surface area contributed by atoms with E-state index in [0.717, 1.165) is 0 Å². The van der Waals surface area contributed by atoms with E-state index in [1.54, 1.807) is 0 Å². The summed E-state index contributed by atoms with van der Waals surface area (Å²) in [6, 6.07) is 4.06. The maximum Gasteiger partial charge on any atom is 0.337 e. The predicted octanol–water partition coefficient (Wildman–Crippen LogP) is 0.172. The number of esters is 2. The first-order chi connectivity index (χ1) is 10.5. The molecule has 0 aliphatic heterocycles. The SMILES string of the molecule is COC(=O)c1cc(NC(=O)C(CN)OC)cc(C(=O)OC)c1. The number of methoxy groups -OCH3 is 3. The number of rotatable bonds is 6. The van der Waals surface area contributed by atoms with Crippen LogP contribution >= 0.6 is 0 Å². The molecule has 8 nitrogen and oxygen atoms in total. The molecule has 1 rings (SSSR count). The van der Waals surface area contributed by atoms with Crippen LogP contribution in [0, 0.1) is 0 Å². The van der Waals surface area contributed by atoms with Gasteiger partial charge in [-0.3, -0.25) is 4.79 Å². The summed E-state index contributed by atoms with van der Waals surface area (Å²) in [6.45, 7) is -0.0110. The van der Waals surface area contributed by atoms with E-state index >= 15 is 0 Å². The van der Waals surface area contributed by atoms with Crippen LogP contribution in [0.25, 0.3) is 0 Å². The maximum atomic E-state index is 11.9. The van der Waals surface area contributed by atoms with Gasteiger partial charge in [-0.15, -0.1) is 0 Å². The van der Waals surface area contributed by atoms with Crippen molar-refractivity contribution in [3.8, 4) is 0 Å². The molecule has 0 bridgehead atoms. The van der Waals surface area contributed by atoms with Crippen molar-refractivity contribution in [2.24, 2.45) is 5.73 Å². The van der Waals surface area contributed by atoms with Crippen molar-refractivity contribution in [3.05, 3.63) is 29.3 Å². The first-order valence-corrected chi connectivity index (χ1v) is 6.32. The molecule has 0 spiro atoms. The molecule has 3 N–H and O–H groups in total. The molecule has 0 fully saturated rings. The summed E-state index contributed by atoms with van der Waals surface area (Å²) >= 11 is 0. The predicted molar refractivity (Wildman–Crippen MR) is 77.6 cm³/mol. The number of benzene rings is 1. The minimum atomic E-state index is -0.844. The average Bonchev–Trinajstić information content (AvgIpc) is 2.53. The molecule has 8 heteroatoms. The van der Waals surface area contributed by atoms with E-state index < -0.39 is 23.9 Å². The molecule has 0 radical (unpaired) electrons. The van der Waals surface area contributed by atoms with Gasteiger partial charge < -0.3 is 25.3 Å². The van der Waals surface area contributed by atoms with Crippen molar-refractivity contribution in [2.75, 3.05) is 33.2 Å². The molecule has 1 aromatic rings. The third-order valence-corrected chi connectivity index (χ3v) is 2.83. The fourth-order valence-corrected chi connectivity index (χ4v) is 1.70. The smallest absolute Gasteiger partial charge is 0.337 e. The van der Waals surface area contributed by atoms with E-state index in [4.69, 9.17) is 10.5 Å². The molecule has 22 heavy (non-hydrogen) atoms. The standard InChI is InChI=1S/C14H18N2O6/c1-20-11(7-15)12(17)16-10-5-8(13(18)21-2)4-9(6-10)14(19)22-3/h4-6,11H,7,15H2,1-3H3,(H,16,17). The summed E-state index contributed by atoms with van der Waals surface area (Å²) < 4.78 is 14.1. The van der Waals surface area contributed by atoms with Gasteiger partial charge in [0, 0.05) is 19.3 Å². The number of nitrogens with two attached hydrogens (primary N) is 1. The summed E-state index contributed by atoms with van der Waals surface area (Å²) in [5.41, 5.74) is 5.83. The topological polar surface area (TPSA) is 117 Å². The van der Waals surface area contributed by atoms with Gasteiger partial charge in [0.1, 0.15) is 6.10 Å². The van der Waals surface area contributed by atoms with Crippen LogP contribution in [0.3, 0.4) is 0 Å². The van der Waals surface area contributed by atoms with E-state index in [9.17, 15) is 14.4 Å². The Bertz CT molecular complexity index is 534. The molecule has 0 heterocycles. The molecule has 120 valence electrons. The molecular weight excluding hydrogens is 292 g/mol. The van der Waals surface area contributed by atoms with Crippen LogP contribution in [0.15, 0.2) is 18.2 Å². The second-order valence-corrected chi connectivity index (χ2v) is 4.23. The molecule has 1 unspecified atom stereocenters. The molecule has 0 saturated heterocycles. The summed E-state index contributed by atoms with van der Waals surface area (Å²) in [5, 5.41) is 2.52. The van der Waals surface area contributed by atoms with Crippen LogP contribution in [-0.4, -0.2) is 51.8 Å². The Labute approximate surface area is 127 Å². The van der Waals surface area contributed by atoms with Crippen LogP contribution in [0.5, 0.6) is 0 Å². The maximum absolute atomic E-state index is 11.9. The highest BCUT2D eigenvalue weighted by Crippen LogP contribution is 2.17. The Morgan fingerprint density at radius 1 is 1.05 bits per heavy atom. The molecule has 1 atom stereocenters. The first-order valence-electron chi connectivity index (χ1n) is 6.32. The lowest BCUT2D eigenvalue weighted by molar-refractivity contribution is -0.125. The van der Waals surface area contributed by atoms with Crippen LogP contribution in [-0.2, 0) is 19.0 Å². The summed E-state index contributed by atoms with van der Waals surface area (Å²) in [6.07, 6.45) is -0.844. The lowest BCUT2D eigenvalue weighted by atomic mass is 10.1. The Morgan fingerprint density at radius 3 is 1.91 bits per heavy atom. The Morgan fingerprint density at radius 2 is 1.55 bits per heavy atom. The van der Waals surface area contributed by atoms with Crippen molar-refractivity contribution in [2.45, 2.75) is 6.10 Å². The summed E-state index contributed by atoms with van der Waals surface area (Å²) in [5.74, 6) is -1.80. The Kier molecular flexibility index (Phi) is 6.48. The molecule has 0 aliphatic rings. The van der Waals surface area contributed by atoms with Crippen molar-refractivity contribution >= 4 is 23.5 Å². The number of amides is 1. The monoisotopic (exact) mass is 310 g/mol. The van der Waals surface area contributed by atoms with Gasteiger partial charge in [0.2, 0.25) is 0 Å². The number of hydrogen-bond donors (Lipinski definition) is 2. The Balaban J connectivity index is 3.15. The number of anilines is 1. The van der Waals surface area contributed by atoms with Crippen molar-refractivity contribution in [3.63, 3.8) is 0 Å². The normalized spacial score (nSPS) is 11.5. The van der Waals surface area contributed by atoms with E-state index in [2.05, 4.69) is 14.8 Å². The Hall–Kier alpha value is -2.45. The fraction of sp³-hybridized carbons (Fsp3) is 0.357. The largest absolute Gasteiger partial charge is 0.465 e. The van der Waals surface area contributed by atoms with Gasteiger partial charge in [0.15, 0.2) is 0 Å². The zero-order valence-electron chi connectivity index (χ0n) is 12.5. The van der Waals surface area contributed by atoms with E-state index in [0.29, 0.717) is 0 Å². The number of hydrogen-bond acceptors (Lipinski definition) is 7. The van der Waals surface area contributed by atoms with Crippen LogP contribution in [0.2, 0.25) is 0 Å². The van der Waals surface area contributed by atoms with Gasteiger partial charge in [0.25, 0.3) is 5.91 Å². The van der Waals surface area contributed by atoms with E-state index in [-0.39, 0.29) is 23.4 Å².